The third-order valence-corrected chi connectivity index (χ3v) is 3.40. The molecule has 0 aromatic heterocycles. The van der Waals surface area contributed by atoms with E-state index in [9.17, 15) is 8.76 Å². The summed E-state index contributed by atoms with van der Waals surface area (Å²) in [5.74, 6) is 0. The minimum absolute atomic E-state index is 0. The molecule has 0 N–H and O–H groups in total. The fraction of sp³-hybridized carbons (Fsp3) is 1.00. The molecule has 0 aromatic carbocycles. The maximum Gasteiger partial charge on any atom is 1.00 e. The molecule has 0 saturated heterocycles. The molecule has 1 atom stereocenters. The summed E-state index contributed by atoms with van der Waals surface area (Å²) >= 11 is -1.95. The zero-order valence-electron chi connectivity index (χ0n) is 8.38. The van der Waals surface area contributed by atoms with Gasteiger partial charge in [-0.05, 0) is 30.3 Å². The first kappa shape index (κ1) is 14.1. The minimum Gasteiger partial charge on any atom is -0.772 e. The molecule has 5 heteroatoms. The Labute approximate surface area is 104 Å². The predicted molar refractivity (Wildman–Crippen MR) is 46.6 cm³/mol. The van der Waals surface area contributed by atoms with E-state index in [1.165, 1.54) is 0 Å². The smallest absolute Gasteiger partial charge is 0.772 e. The Hall–Kier alpha value is 1.07. The number of rotatable bonds is 6. The van der Waals surface area contributed by atoms with Crippen molar-refractivity contribution in [2.45, 2.75) is 37.4 Å². The molecule has 1 unspecified atom stereocenters. The molecular formula is C8H15NaO3S. The number of ether oxygens (including phenoxy) is 1. The van der Waals surface area contributed by atoms with Crippen LogP contribution in [-0.4, -0.2) is 26.7 Å². The van der Waals surface area contributed by atoms with Crippen molar-refractivity contribution in [3.63, 3.8) is 0 Å². The Morgan fingerprint density at radius 2 is 2.15 bits per heavy atom. The Morgan fingerprint density at radius 1 is 1.54 bits per heavy atom. The van der Waals surface area contributed by atoms with Gasteiger partial charge in [0.05, 0.1) is 11.4 Å². The Kier molecular flexibility index (Phi) is 7.07. The van der Waals surface area contributed by atoms with Crippen LogP contribution in [0.5, 0.6) is 0 Å². The molecule has 3 nitrogen and oxygen atoms in total. The quantitative estimate of drug-likeness (QED) is 0.298. The summed E-state index contributed by atoms with van der Waals surface area (Å²) in [5, 5.41) is 0. The van der Waals surface area contributed by atoms with Crippen LogP contribution >= 0.6 is 0 Å². The zero-order valence-corrected chi connectivity index (χ0v) is 11.2. The second-order valence-electron chi connectivity index (χ2n) is 3.32. The van der Waals surface area contributed by atoms with Gasteiger partial charge in [0.2, 0.25) is 0 Å². The normalized spacial score (nSPS) is 20.5. The van der Waals surface area contributed by atoms with Gasteiger partial charge in [-0.3, -0.25) is 4.21 Å². The summed E-state index contributed by atoms with van der Waals surface area (Å²) in [7, 11) is 0. The van der Waals surface area contributed by atoms with E-state index in [2.05, 4.69) is 6.92 Å². The van der Waals surface area contributed by atoms with Crippen LogP contribution < -0.4 is 29.6 Å². The van der Waals surface area contributed by atoms with Gasteiger partial charge in [0.1, 0.15) is 0 Å². The minimum atomic E-state index is -1.95. The molecule has 0 aromatic rings. The van der Waals surface area contributed by atoms with Crippen molar-refractivity contribution in [2.75, 3.05) is 13.2 Å². The van der Waals surface area contributed by atoms with Crippen LogP contribution in [0.4, 0.5) is 0 Å². The third-order valence-electron chi connectivity index (χ3n) is 2.17. The summed E-state index contributed by atoms with van der Waals surface area (Å²) in [5.41, 5.74) is 0. The Morgan fingerprint density at radius 3 is 2.54 bits per heavy atom. The summed E-state index contributed by atoms with van der Waals surface area (Å²) in [4.78, 5) is 0. The van der Waals surface area contributed by atoms with Crippen LogP contribution in [0.2, 0.25) is 0 Å². The molecule has 0 bridgehead atoms. The van der Waals surface area contributed by atoms with Crippen molar-refractivity contribution >= 4 is 11.1 Å². The first-order valence-corrected chi connectivity index (χ1v) is 5.46. The van der Waals surface area contributed by atoms with Crippen molar-refractivity contribution in [1.29, 1.82) is 0 Å². The Bertz CT molecular complexity index is 171. The molecule has 0 radical (unpaired) electrons. The van der Waals surface area contributed by atoms with E-state index in [0.29, 0.717) is 13.2 Å². The van der Waals surface area contributed by atoms with E-state index < -0.39 is 15.8 Å². The van der Waals surface area contributed by atoms with Gasteiger partial charge >= 0.3 is 29.6 Å². The molecule has 72 valence electrons. The van der Waals surface area contributed by atoms with E-state index >= 15 is 0 Å². The van der Waals surface area contributed by atoms with Crippen molar-refractivity contribution in [1.82, 2.24) is 0 Å². The van der Waals surface area contributed by atoms with Crippen LogP contribution in [0.25, 0.3) is 0 Å². The predicted octanol–water partition coefficient (Wildman–Crippen LogP) is -1.78. The van der Waals surface area contributed by atoms with Crippen LogP contribution in [0, 0.1) is 0 Å². The van der Waals surface area contributed by atoms with Crippen LogP contribution in [-0.2, 0) is 15.8 Å². The maximum absolute atomic E-state index is 10.7. The standard InChI is InChI=1S/C8H16O3S.Na/c1-2-3-6-11-7-8(4-5-8)12(9)10;/h2-7H2,1H3,(H,9,10);/q;+1/p-1. The summed E-state index contributed by atoms with van der Waals surface area (Å²) in [6.45, 7) is 3.17. The molecule has 0 heterocycles. The van der Waals surface area contributed by atoms with Crippen LogP contribution in [0.3, 0.4) is 0 Å². The van der Waals surface area contributed by atoms with Crippen molar-refractivity contribution < 1.29 is 43.1 Å². The van der Waals surface area contributed by atoms with Gasteiger partial charge in [-0.25, -0.2) is 0 Å². The molecule has 0 amide bonds. The molecule has 1 fully saturated rings. The number of hydrogen-bond donors (Lipinski definition) is 0. The molecule has 1 saturated carbocycles. The SMILES string of the molecule is CCCCOCC1(S(=O)[O-])CC1.[Na+]. The van der Waals surface area contributed by atoms with Gasteiger partial charge < -0.3 is 9.29 Å². The number of hydrogen-bond acceptors (Lipinski definition) is 3. The van der Waals surface area contributed by atoms with E-state index in [0.717, 1.165) is 25.7 Å². The maximum atomic E-state index is 10.7. The van der Waals surface area contributed by atoms with Gasteiger partial charge in [0, 0.05) is 6.61 Å². The first-order chi connectivity index (χ1) is 5.71. The molecule has 0 aliphatic heterocycles. The largest absolute Gasteiger partial charge is 1.00 e. The monoisotopic (exact) mass is 214 g/mol. The van der Waals surface area contributed by atoms with E-state index in [-0.39, 0.29) is 29.6 Å². The van der Waals surface area contributed by atoms with E-state index in [1.807, 2.05) is 0 Å². The van der Waals surface area contributed by atoms with Gasteiger partial charge in [-0.1, -0.05) is 13.3 Å². The molecule has 1 aliphatic rings. The summed E-state index contributed by atoms with van der Waals surface area (Å²) < 4.78 is 26.1. The van der Waals surface area contributed by atoms with Gasteiger partial charge in [0.15, 0.2) is 0 Å². The van der Waals surface area contributed by atoms with Crippen molar-refractivity contribution in [3.8, 4) is 0 Å². The van der Waals surface area contributed by atoms with Gasteiger partial charge in [-0.15, -0.1) is 0 Å². The van der Waals surface area contributed by atoms with Crippen molar-refractivity contribution in [2.24, 2.45) is 0 Å². The topological polar surface area (TPSA) is 49.4 Å². The van der Waals surface area contributed by atoms with Gasteiger partial charge in [0.25, 0.3) is 0 Å². The molecular weight excluding hydrogens is 199 g/mol. The second kappa shape index (κ2) is 6.53. The van der Waals surface area contributed by atoms with Crippen LogP contribution in [0.15, 0.2) is 0 Å². The van der Waals surface area contributed by atoms with E-state index in [4.69, 9.17) is 4.74 Å². The summed E-state index contributed by atoms with van der Waals surface area (Å²) in [6, 6.07) is 0. The first-order valence-electron chi connectivity index (χ1n) is 4.38. The fourth-order valence-electron chi connectivity index (χ4n) is 1.00. The van der Waals surface area contributed by atoms with Crippen LogP contribution in [0.1, 0.15) is 32.6 Å². The fourth-order valence-corrected chi connectivity index (χ4v) is 1.62. The third kappa shape index (κ3) is 4.40. The molecule has 1 aliphatic carbocycles. The average Bonchev–Trinajstić information content (AvgIpc) is 2.79. The van der Waals surface area contributed by atoms with Crippen molar-refractivity contribution in [3.05, 3.63) is 0 Å². The molecule has 13 heavy (non-hydrogen) atoms. The molecule has 1 rings (SSSR count). The Balaban J connectivity index is 0.00000144. The summed E-state index contributed by atoms with van der Waals surface area (Å²) in [6.07, 6.45) is 3.65. The average molecular weight is 214 g/mol. The zero-order chi connectivity index (χ0) is 9.03. The van der Waals surface area contributed by atoms with Gasteiger partial charge in [-0.2, -0.15) is 0 Å². The second-order valence-corrected chi connectivity index (χ2v) is 4.66. The van der Waals surface area contributed by atoms with E-state index in [1.54, 1.807) is 0 Å². The number of unbranched alkanes of at least 4 members (excludes halogenated alkanes) is 1. The molecule has 0 spiro atoms.